The fourth-order valence-corrected chi connectivity index (χ4v) is 3.97. The zero-order valence-corrected chi connectivity index (χ0v) is 14.1. The lowest BCUT2D eigenvalue weighted by atomic mass is 10.2. The SMILES string of the molecule is Cc1ccc(Br)cc1NS(=O)(=O)c1c(C)nn(C)c1C. The minimum absolute atomic E-state index is 0.236. The molecule has 0 radical (unpaired) electrons. The van der Waals surface area contributed by atoms with Crippen molar-refractivity contribution in [2.24, 2.45) is 7.05 Å². The van der Waals surface area contributed by atoms with Crippen LogP contribution < -0.4 is 4.72 Å². The van der Waals surface area contributed by atoms with E-state index in [9.17, 15) is 8.42 Å². The van der Waals surface area contributed by atoms with Crippen LogP contribution in [-0.2, 0) is 17.1 Å². The van der Waals surface area contributed by atoms with Crippen molar-refractivity contribution in [1.82, 2.24) is 9.78 Å². The summed E-state index contributed by atoms with van der Waals surface area (Å²) in [7, 11) is -1.92. The van der Waals surface area contributed by atoms with E-state index in [0.717, 1.165) is 10.0 Å². The van der Waals surface area contributed by atoms with E-state index in [2.05, 4.69) is 25.8 Å². The van der Waals surface area contributed by atoms with Crippen LogP contribution in [-0.4, -0.2) is 18.2 Å². The van der Waals surface area contributed by atoms with Gasteiger partial charge in [0.2, 0.25) is 0 Å². The Morgan fingerprint density at radius 2 is 1.90 bits per heavy atom. The van der Waals surface area contributed by atoms with Crippen LogP contribution in [0.25, 0.3) is 0 Å². The highest BCUT2D eigenvalue weighted by atomic mass is 79.9. The molecular weight excluding hydrogens is 342 g/mol. The fourth-order valence-electron chi connectivity index (χ4n) is 2.04. The average molecular weight is 358 g/mol. The molecule has 1 aromatic heterocycles. The molecule has 0 bridgehead atoms. The van der Waals surface area contributed by atoms with E-state index < -0.39 is 10.0 Å². The maximum absolute atomic E-state index is 12.5. The Bertz CT molecular complexity index is 766. The second kappa shape index (κ2) is 5.21. The molecule has 0 saturated carbocycles. The van der Waals surface area contributed by atoms with Gasteiger partial charge in [-0.25, -0.2) is 8.42 Å². The molecule has 0 unspecified atom stereocenters. The normalized spacial score (nSPS) is 11.7. The molecule has 5 nitrogen and oxygen atoms in total. The van der Waals surface area contributed by atoms with E-state index in [0.29, 0.717) is 17.1 Å². The lowest BCUT2D eigenvalue weighted by molar-refractivity contribution is 0.599. The fraction of sp³-hybridized carbons (Fsp3) is 0.308. The topological polar surface area (TPSA) is 64.0 Å². The quantitative estimate of drug-likeness (QED) is 0.918. The van der Waals surface area contributed by atoms with Gasteiger partial charge in [0.05, 0.1) is 17.1 Å². The number of aryl methyl sites for hydroxylation is 3. The summed E-state index contributed by atoms with van der Waals surface area (Å²) < 4.78 is 30.1. The Morgan fingerprint density at radius 3 is 2.45 bits per heavy atom. The number of hydrogen-bond acceptors (Lipinski definition) is 3. The van der Waals surface area contributed by atoms with E-state index in [-0.39, 0.29) is 4.90 Å². The highest BCUT2D eigenvalue weighted by molar-refractivity contribution is 9.10. The number of benzene rings is 1. The Balaban J connectivity index is 2.49. The molecule has 0 saturated heterocycles. The van der Waals surface area contributed by atoms with Crippen molar-refractivity contribution in [3.8, 4) is 0 Å². The second-order valence-electron chi connectivity index (χ2n) is 4.69. The molecule has 20 heavy (non-hydrogen) atoms. The number of halogens is 1. The first-order valence-corrected chi connectivity index (χ1v) is 8.29. The van der Waals surface area contributed by atoms with Crippen molar-refractivity contribution in [3.05, 3.63) is 39.6 Å². The standard InChI is InChI=1S/C13H16BrN3O2S/c1-8-5-6-11(14)7-12(8)16-20(18,19)13-9(2)15-17(4)10(13)3/h5-7,16H,1-4H3. The number of rotatable bonds is 3. The number of aromatic nitrogens is 2. The molecule has 0 spiro atoms. The number of sulfonamides is 1. The zero-order chi connectivity index (χ0) is 15.1. The lowest BCUT2D eigenvalue weighted by Gasteiger charge is -2.11. The van der Waals surface area contributed by atoms with Gasteiger partial charge in [0.15, 0.2) is 0 Å². The molecule has 0 aliphatic carbocycles. The van der Waals surface area contributed by atoms with Gasteiger partial charge in [0, 0.05) is 11.5 Å². The van der Waals surface area contributed by atoms with Gasteiger partial charge < -0.3 is 0 Å². The maximum atomic E-state index is 12.5. The van der Waals surface area contributed by atoms with E-state index in [1.807, 2.05) is 19.1 Å². The van der Waals surface area contributed by atoms with Gasteiger partial charge in [-0.2, -0.15) is 5.10 Å². The summed E-state index contributed by atoms with van der Waals surface area (Å²) in [5.41, 5.74) is 2.52. The predicted octanol–water partition coefficient (Wildman–Crippen LogP) is 2.91. The second-order valence-corrected chi connectivity index (χ2v) is 7.22. The molecule has 2 rings (SSSR count). The van der Waals surface area contributed by atoms with E-state index in [1.54, 1.807) is 31.6 Å². The Morgan fingerprint density at radius 1 is 1.25 bits per heavy atom. The van der Waals surface area contributed by atoms with Crippen molar-refractivity contribution >= 4 is 31.6 Å². The van der Waals surface area contributed by atoms with Crippen molar-refractivity contribution in [3.63, 3.8) is 0 Å². The van der Waals surface area contributed by atoms with Crippen LogP contribution in [0, 0.1) is 20.8 Å². The van der Waals surface area contributed by atoms with Gasteiger partial charge in [-0.15, -0.1) is 0 Å². The predicted molar refractivity (Wildman–Crippen MR) is 82.4 cm³/mol. The number of hydrogen-bond donors (Lipinski definition) is 1. The molecule has 0 aliphatic rings. The number of anilines is 1. The summed E-state index contributed by atoms with van der Waals surface area (Å²) in [6.45, 7) is 5.28. The van der Waals surface area contributed by atoms with Crippen molar-refractivity contribution < 1.29 is 8.42 Å². The largest absolute Gasteiger partial charge is 0.279 e. The first kappa shape index (κ1) is 15.1. The van der Waals surface area contributed by atoms with E-state index >= 15 is 0 Å². The Kier molecular flexibility index (Phi) is 3.93. The van der Waals surface area contributed by atoms with E-state index in [4.69, 9.17) is 0 Å². The van der Waals surface area contributed by atoms with Gasteiger partial charge >= 0.3 is 0 Å². The highest BCUT2D eigenvalue weighted by Gasteiger charge is 2.24. The van der Waals surface area contributed by atoms with Crippen molar-refractivity contribution in [1.29, 1.82) is 0 Å². The van der Waals surface area contributed by atoms with Gasteiger partial charge in [-0.1, -0.05) is 22.0 Å². The maximum Gasteiger partial charge on any atom is 0.265 e. The molecule has 0 amide bonds. The summed E-state index contributed by atoms with van der Waals surface area (Å²) in [5.74, 6) is 0. The molecule has 1 aromatic carbocycles. The number of nitrogens with one attached hydrogen (secondary N) is 1. The summed E-state index contributed by atoms with van der Waals surface area (Å²) in [5, 5.41) is 4.15. The van der Waals surface area contributed by atoms with Crippen LogP contribution in [0.1, 0.15) is 17.0 Å². The first-order chi connectivity index (χ1) is 9.22. The van der Waals surface area contributed by atoms with Crippen LogP contribution in [0.3, 0.4) is 0 Å². The summed E-state index contributed by atoms with van der Waals surface area (Å²) >= 11 is 3.34. The molecule has 0 aliphatic heterocycles. The van der Waals surface area contributed by atoms with Crippen LogP contribution in [0.5, 0.6) is 0 Å². The molecule has 7 heteroatoms. The van der Waals surface area contributed by atoms with Crippen molar-refractivity contribution in [2.75, 3.05) is 4.72 Å². The molecule has 2 aromatic rings. The van der Waals surface area contributed by atoms with Gasteiger partial charge in [0.1, 0.15) is 4.90 Å². The lowest BCUT2D eigenvalue weighted by Crippen LogP contribution is -2.15. The molecule has 1 heterocycles. The first-order valence-electron chi connectivity index (χ1n) is 6.01. The third kappa shape index (κ3) is 2.73. The monoisotopic (exact) mass is 357 g/mol. The Labute approximate surface area is 127 Å². The van der Waals surface area contributed by atoms with Crippen LogP contribution in [0.2, 0.25) is 0 Å². The van der Waals surface area contributed by atoms with Gasteiger partial charge in [-0.05, 0) is 38.5 Å². The molecular formula is C13H16BrN3O2S. The number of nitrogens with zero attached hydrogens (tertiary/aromatic N) is 2. The zero-order valence-electron chi connectivity index (χ0n) is 11.7. The van der Waals surface area contributed by atoms with Gasteiger partial charge in [0.25, 0.3) is 10.0 Å². The molecule has 1 N–H and O–H groups in total. The van der Waals surface area contributed by atoms with Crippen LogP contribution >= 0.6 is 15.9 Å². The smallest absolute Gasteiger partial charge is 0.265 e. The minimum atomic E-state index is -3.65. The molecule has 0 atom stereocenters. The molecule has 0 fully saturated rings. The van der Waals surface area contributed by atoms with E-state index in [1.165, 1.54) is 0 Å². The summed E-state index contributed by atoms with van der Waals surface area (Å²) in [6.07, 6.45) is 0. The highest BCUT2D eigenvalue weighted by Crippen LogP contribution is 2.26. The summed E-state index contributed by atoms with van der Waals surface area (Å²) in [6, 6.07) is 5.46. The van der Waals surface area contributed by atoms with Crippen LogP contribution in [0.15, 0.2) is 27.6 Å². The summed E-state index contributed by atoms with van der Waals surface area (Å²) in [4.78, 5) is 0.236. The van der Waals surface area contributed by atoms with Gasteiger partial charge in [-0.3, -0.25) is 9.40 Å². The Hall–Kier alpha value is -1.34. The minimum Gasteiger partial charge on any atom is -0.279 e. The van der Waals surface area contributed by atoms with Crippen LogP contribution in [0.4, 0.5) is 5.69 Å². The molecule has 108 valence electrons. The third-order valence-corrected chi connectivity index (χ3v) is 5.27. The third-order valence-electron chi connectivity index (χ3n) is 3.16. The average Bonchev–Trinajstić information content (AvgIpc) is 2.58. The van der Waals surface area contributed by atoms with Crippen molar-refractivity contribution in [2.45, 2.75) is 25.7 Å².